The van der Waals surface area contributed by atoms with Gasteiger partial charge in [0.05, 0.1) is 17.3 Å². The van der Waals surface area contributed by atoms with Crippen LogP contribution in [-0.4, -0.2) is 12.6 Å². The standard InChI is InChI=1S/C9H9ClFNO/c1-5-4-12-8-3-7(11)6(10)2-9(8)13-5/h2-3,5,12H,4H2,1H3. The van der Waals surface area contributed by atoms with Crippen LogP contribution in [-0.2, 0) is 0 Å². The zero-order valence-corrected chi connectivity index (χ0v) is 7.86. The van der Waals surface area contributed by atoms with E-state index >= 15 is 0 Å². The normalized spacial score (nSPS) is 20.1. The third kappa shape index (κ3) is 1.56. The summed E-state index contributed by atoms with van der Waals surface area (Å²) in [6.45, 7) is 2.63. The molecular weight excluding hydrogens is 193 g/mol. The summed E-state index contributed by atoms with van der Waals surface area (Å²) in [4.78, 5) is 0. The molecule has 0 saturated carbocycles. The summed E-state index contributed by atoms with van der Waals surface area (Å²) in [5.74, 6) is 0.191. The minimum Gasteiger partial charge on any atom is -0.487 e. The first kappa shape index (κ1) is 8.63. The van der Waals surface area contributed by atoms with Crippen molar-refractivity contribution in [2.75, 3.05) is 11.9 Å². The Balaban J connectivity index is 2.43. The molecule has 1 N–H and O–H groups in total. The molecule has 0 spiro atoms. The number of fused-ring (bicyclic) bond motifs is 1. The third-order valence-electron chi connectivity index (χ3n) is 1.93. The molecule has 0 amide bonds. The molecule has 1 unspecified atom stereocenters. The molecule has 4 heteroatoms. The molecule has 0 bridgehead atoms. The molecule has 0 aliphatic carbocycles. The van der Waals surface area contributed by atoms with Crippen molar-refractivity contribution >= 4 is 17.3 Å². The summed E-state index contributed by atoms with van der Waals surface area (Å²) in [7, 11) is 0. The molecule has 13 heavy (non-hydrogen) atoms. The highest BCUT2D eigenvalue weighted by atomic mass is 35.5. The van der Waals surface area contributed by atoms with Crippen molar-refractivity contribution < 1.29 is 9.13 Å². The second-order valence-electron chi connectivity index (χ2n) is 3.07. The summed E-state index contributed by atoms with van der Waals surface area (Å²) < 4.78 is 18.4. The first-order valence-electron chi connectivity index (χ1n) is 4.06. The highest BCUT2D eigenvalue weighted by molar-refractivity contribution is 6.31. The number of hydrogen-bond donors (Lipinski definition) is 1. The largest absolute Gasteiger partial charge is 0.487 e. The van der Waals surface area contributed by atoms with Crippen LogP contribution in [0.4, 0.5) is 10.1 Å². The minimum absolute atomic E-state index is 0.0917. The predicted octanol–water partition coefficient (Wildman–Crippen LogP) is 2.67. The molecule has 2 rings (SSSR count). The van der Waals surface area contributed by atoms with Gasteiger partial charge in [0.2, 0.25) is 0 Å². The molecule has 1 aromatic rings. The Morgan fingerprint density at radius 1 is 1.62 bits per heavy atom. The SMILES string of the molecule is CC1CNc2cc(F)c(Cl)cc2O1. The van der Waals surface area contributed by atoms with Gasteiger partial charge in [-0.15, -0.1) is 0 Å². The lowest BCUT2D eigenvalue weighted by Gasteiger charge is -2.24. The molecule has 1 heterocycles. The lowest BCUT2D eigenvalue weighted by molar-refractivity contribution is 0.226. The lowest BCUT2D eigenvalue weighted by Crippen LogP contribution is -2.27. The maximum absolute atomic E-state index is 13.0. The Hall–Kier alpha value is -0.960. The van der Waals surface area contributed by atoms with Crippen molar-refractivity contribution in [3.05, 3.63) is 23.0 Å². The Labute approximate surface area is 80.7 Å². The average Bonchev–Trinajstić information content (AvgIpc) is 2.08. The topological polar surface area (TPSA) is 21.3 Å². The molecule has 1 aliphatic rings. The third-order valence-corrected chi connectivity index (χ3v) is 2.22. The van der Waals surface area contributed by atoms with Crippen molar-refractivity contribution in [3.8, 4) is 5.75 Å². The van der Waals surface area contributed by atoms with E-state index in [1.165, 1.54) is 12.1 Å². The van der Waals surface area contributed by atoms with E-state index in [1.54, 1.807) is 0 Å². The fraction of sp³-hybridized carbons (Fsp3) is 0.333. The number of benzene rings is 1. The second-order valence-corrected chi connectivity index (χ2v) is 3.48. The van der Waals surface area contributed by atoms with Crippen LogP contribution in [0.2, 0.25) is 5.02 Å². The van der Waals surface area contributed by atoms with Gasteiger partial charge in [-0.25, -0.2) is 4.39 Å². The second kappa shape index (κ2) is 3.07. The number of hydrogen-bond acceptors (Lipinski definition) is 2. The van der Waals surface area contributed by atoms with Gasteiger partial charge in [0.1, 0.15) is 17.7 Å². The fourth-order valence-corrected chi connectivity index (χ4v) is 1.43. The first-order chi connectivity index (χ1) is 6.16. The summed E-state index contributed by atoms with van der Waals surface area (Å²) in [6, 6.07) is 2.85. The van der Waals surface area contributed by atoms with Gasteiger partial charge in [-0.1, -0.05) is 11.6 Å². The number of nitrogens with one attached hydrogen (secondary N) is 1. The average molecular weight is 202 g/mol. The van der Waals surface area contributed by atoms with Crippen molar-refractivity contribution in [1.82, 2.24) is 0 Å². The van der Waals surface area contributed by atoms with Crippen molar-refractivity contribution in [1.29, 1.82) is 0 Å². The van der Waals surface area contributed by atoms with E-state index in [0.29, 0.717) is 18.0 Å². The van der Waals surface area contributed by atoms with Crippen LogP contribution in [0, 0.1) is 5.82 Å². The van der Waals surface area contributed by atoms with E-state index in [1.807, 2.05) is 6.92 Å². The van der Waals surface area contributed by atoms with E-state index in [4.69, 9.17) is 16.3 Å². The van der Waals surface area contributed by atoms with E-state index in [0.717, 1.165) is 0 Å². The monoisotopic (exact) mass is 201 g/mol. The molecule has 1 aliphatic heterocycles. The minimum atomic E-state index is -0.425. The molecule has 0 radical (unpaired) electrons. The van der Waals surface area contributed by atoms with Crippen LogP contribution < -0.4 is 10.1 Å². The Morgan fingerprint density at radius 2 is 2.38 bits per heavy atom. The molecule has 1 aromatic carbocycles. The van der Waals surface area contributed by atoms with Gasteiger partial charge >= 0.3 is 0 Å². The summed E-state index contributed by atoms with van der Waals surface area (Å²) in [5.41, 5.74) is 0.667. The van der Waals surface area contributed by atoms with Crippen LogP contribution in [0.5, 0.6) is 5.75 Å². The van der Waals surface area contributed by atoms with E-state index in [-0.39, 0.29) is 11.1 Å². The summed E-state index contributed by atoms with van der Waals surface area (Å²) in [5, 5.41) is 3.15. The van der Waals surface area contributed by atoms with Crippen molar-refractivity contribution in [2.45, 2.75) is 13.0 Å². The zero-order chi connectivity index (χ0) is 9.42. The Kier molecular flexibility index (Phi) is 2.04. The molecule has 1 atom stereocenters. The van der Waals surface area contributed by atoms with E-state index in [9.17, 15) is 4.39 Å². The predicted molar refractivity (Wildman–Crippen MR) is 50.0 cm³/mol. The van der Waals surface area contributed by atoms with Crippen LogP contribution in [0.3, 0.4) is 0 Å². The van der Waals surface area contributed by atoms with Gasteiger partial charge < -0.3 is 10.1 Å². The van der Waals surface area contributed by atoms with Crippen LogP contribution in [0.25, 0.3) is 0 Å². The summed E-state index contributed by atoms with van der Waals surface area (Å²) in [6.07, 6.45) is 0.0917. The van der Waals surface area contributed by atoms with Gasteiger partial charge in [-0.2, -0.15) is 0 Å². The van der Waals surface area contributed by atoms with Gasteiger partial charge in [0, 0.05) is 12.1 Å². The van der Waals surface area contributed by atoms with Crippen molar-refractivity contribution in [3.63, 3.8) is 0 Å². The quantitative estimate of drug-likeness (QED) is 0.697. The van der Waals surface area contributed by atoms with Crippen LogP contribution in [0.15, 0.2) is 12.1 Å². The Morgan fingerprint density at radius 3 is 3.15 bits per heavy atom. The van der Waals surface area contributed by atoms with Gasteiger partial charge in [0.15, 0.2) is 0 Å². The first-order valence-corrected chi connectivity index (χ1v) is 4.44. The number of halogens is 2. The molecule has 0 fully saturated rings. The molecule has 0 saturated heterocycles. The molecule has 70 valence electrons. The fourth-order valence-electron chi connectivity index (χ4n) is 1.28. The molecular formula is C9H9ClFNO. The van der Waals surface area contributed by atoms with Crippen LogP contribution in [0.1, 0.15) is 6.92 Å². The van der Waals surface area contributed by atoms with Crippen molar-refractivity contribution in [2.24, 2.45) is 0 Å². The lowest BCUT2D eigenvalue weighted by atomic mass is 10.2. The van der Waals surface area contributed by atoms with Gasteiger partial charge in [-0.05, 0) is 6.92 Å². The number of anilines is 1. The number of ether oxygens (including phenoxy) is 1. The number of rotatable bonds is 0. The Bertz CT molecular complexity index is 343. The molecule has 2 nitrogen and oxygen atoms in total. The maximum Gasteiger partial charge on any atom is 0.144 e. The smallest absolute Gasteiger partial charge is 0.144 e. The van der Waals surface area contributed by atoms with Gasteiger partial charge in [-0.3, -0.25) is 0 Å². The van der Waals surface area contributed by atoms with E-state index < -0.39 is 5.82 Å². The van der Waals surface area contributed by atoms with Crippen LogP contribution >= 0.6 is 11.6 Å². The highest BCUT2D eigenvalue weighted by Crippen LogP contribution is 2.33. The molecule has 0 aromatic heterocycles. The zero-order valence-electron chi connectivity index (χ0n) is 7.10. The van der Waals surface area contributed by atoms with E-state index in [2.05, 4.69) is 5.32 Å². The highest BCUT2D eigenvalue weighted by Gasteiger charge is 2.17. The summed E-state index contributed by atoms with van der Waals surface area (Å²) >= 11 is 5.61. The van der Waals surface area contributed by atoms with Gasteiger partial charge in [0.25, 0.3) is 0 Å². The maximum atomic E-state index is 13.0.